The van der Waals surface area contributed by atoms with Crippen LogP contribution in [0.2, 0.25) is 0 Å². The minimum absolute atomic E-state index is 0.137. The Morgan fingerprint density at radius 2 is 1.56 bits per heavy atom. The van der Waals surface area contributed by atoms with Crippen LogP contribution >= 0.6 is 0 Å². The van der Waals surface area contributed by atoms with Gasteiger partial charge in [0.2, 0.25) is 5.91 Å². The number of ether oxygens (including phenoxy) is 2. The van der Waals surface area contributed by atoms with Crippen LogP contribution in [0.3, 0.4) is 0 Å². The quantitative estimate of drug-likeness (QED) is 0.836. The molecule has 25 heavy (non-hydrogen) atoms. The minimum atomic E-state index is -0.956. The summed E-state index contributed by atoms with van der Waals surface area (Å²) in [5.41, 5.74) is 2.01. The van der Waals surface area contributed by atoms with Gasteiger partial charge in [0.25, 0.3) is 0 Å². The van der Waals surface area contributed by atoms with Crippen molar-refractivity contribution in [3.8, 4) is 11.5 Å². The van der Waals surface area contributed by atoms with E-state index in [1.54, 1.807) is 17.0 Å². The first kappa shape index (κ1) is 18.3. The van der Waals surface area contributed by atoms with Gasteiger partial charge in [0, 0.05) is 12.6 Å². The van der Waals surface area contributed by atoms with Crippen LogP contribution in [0.25, 0.3) is 0 Å². The van der Waals surface area contributed by atoms with E-state index in [2.05, 4.69) is 0 Å². The number of para-hydroxylation sites is 1. The van der Waals surface area contributed by atoms with Crippen molar-refractivity contribution in [3.63, 3.8) is 0 Å². The van der Waals surface area contributed by atoms with Gasteiger partial charge < -0.3 is 19.5 Å². The lowest BCUT2D eigenvalue weighted by molar-refractivity contribution is -0.136. The van der Waals surface area contributed by atoms with Crippen molar-refractivity contribution in [2.24, 2.45) is 0 Å². The van der Waals surface area contributed by atoms with Crippen LogP contribution in [-0.2, 0) is 22.6 Å². The SMILES string of the molecule is COc1cc(CC(=O)O)c(CN(C(C)=O)c2ccccc2)cc1OC. The van der Waals surface area contributed by atoms with Crippen LogP contribution in [0.5, 0.6) is 11.5 Å². The first-order valence-corrected chi connectivity index (χ1v) is 7.75. The molecule has 0 aliphatic heterocycles. The fraction of sp³-hybridized carbons (Fsp3) is 0.263. The van der Waals surface area contributed by atoms with Gasteiger partial charge in [-0.3, -0.25) is 9.59 Å². The Morgan fingerprint density at radius 3 is 2.04 bits per heavy atom. The third-order valence-corrected chi connectivity index (χ3v) is 3.82. The summed E-state index contributed by atoms with van der Waals surface area (Å²) < 4.78 is 10.6. The van der Waals surface area contributed by atoms with E-state index in [1.165, 1.54) is 21.1 Å². The Morgan fingerprint density at radius 1 is 1.00 bits per heavy atom. The van der Waals surface area contributed by atoms with Crippen molar-refractivity contribution in [1.29, 1.82) is 0 Å². The zero-order valence-electron chi connectivity index (χ0n) is 14.5. The van der Waals surface area contributed by atoms with Gasteiger partial charge in [0.05, 0.1) is 27.2 Å². The molecule has 0 atom stereocenters. The number of carbonyl (C=O) groups is 2. The number of aliphatic carboxylic acids is 1. The Balaban J connectivity index is 2.47. The molecule has 0 heterocycles. The molecule has 0 saturated heterocycles. The molecule has 1 N–H and O–H groups in total. The number of benzene rings is 2. The molecule has 6 nitrogen and oxygen atoms in total. The highest BCUT2D eigenvalue weighted by Gasteiger charge is 2.18. The maximum atomic E-state index is 12.1. The summed E-state index contributed by atoms with van der Waals surface area (Å²) in [7, 11) is 3.01. The molecule has 0 fully saturated rings. The maximum absolute atomic E-state index is 12.1. The van der Waals surface area contributed by atoms with E-state index in [0.29, 0.717) is 22.6 Å². The lowest BCUT2D eigenvalue weighted by atomic mass is 10.0. The molecular formula is C19H21NO5. The smallest absolute Gasteiger partial charge is 0.307 e. The molecule has 0 spiro atoms. The fourth-order valence-corrected chi connectivity index (χ4v) is 2.60. The molecule has 0 bridgehead atoms. The van der Waals surface area contributed by atoms with Gasteiger partial charge in [-0.15, -0.1) is 0 Å². The zero-order chi connectivity index (χ0) is 18.4. The van der Waals surface area contributed by atoms with Crippen molar-refractivity contribution in [2.75, 3.05) is 19.1 Å². The van der Waals surface area contributed by atoms with Crippen molar-refractivity contribution in [1.82, 2.24) is 0 Å². The highest BCUT2D eigenvalue weighted by Crippen LogP contribution is 2.32. The Labute approximate surface area is 146 Å². The predicted octanol–water partition coefficient (Wildman–Crippen LogP) is 2.88. The molecule has 0 radical (unpaired) electrons. The minimum Gasteiger partial charge on any atom is -0.493 e. The van der Waals surface area contributed by atoms with E-state index in [-0.39, 0.29) is 18.9 Å². The van der Waals surface area contributed by atoms with Crippen LogP contribution in [0, 0.1) is 0 Å². The molecule has 0 saturated carbocycles. The standard InChI is InChI=1S/C19H21NO5/c1-13(21)20(16-7-5-4-6-8-16)12-15-10-18(25-3)17(24-2)9-14(15)11-19(22)23/h4-10H,11-12H2,1-3H3,(H,22,23). The van der Waals surface area contributed by atoms with Crippen molar-refractivity contribution in [3.05, 3.63) is 53.6 Å². The van der Waals surface area contributed by atoms with E-state index < -0.39 is 5.97 Å². The van der Waals surface area contributed by atoms with E-state index >= 15 is 0 Å². The van der Waals surface area contributed by atoms with Crippen LogP contribution < -0.4 is 14.4 Å². The van der Waals surface area contributed by atoms with E-state index in [1.807, 2.05) is 30.3 Å². The summed E-state index contributed by atoms with van der Waals surface area (Å²) >= 11 is 0. The Bertz CT molecular complexity index is 758. The van der Waals surface area contributed by atoms with Gasteiger partial charge in [-0.25, -0.2) is 0 Å². The molecule has 132 valence electrons. The first-order valence-electron chi connectivity index (χ1n) is 7.75. The lowest BCUT2D eigenvalue weighted by Gasteiger charge is -2.23. The second-order valence-electron chi connectivity index (χ2n) is 5.49. The number of amides is 1. The van der Waals surface area contributed by atoms with Crippen LogP contribution in [0.1, 0.15) is 18.1 Å². The van der Waals surface area contributed by atoms with E-state index in [0.717, 1.165) is 5.69 Å². The molecule has 6 heteroatoms. The summed E-state index contributed by atoms with van der Waals surface area (Å²) in [6, 6.07) is 12.6. The van der Waals surface area contributed by atoms with Gasteiger partial charge in [-0.2, -0.15) is 0 Å². The number of anilines is 1. The first-order chi connectivity index (χ1) is 12.0. The summed E-state index contributed by atoms with van der Waals surface area (Å²) in [4.78, 5) is 24.9. The van der Waals surface area contributed by atoms with E-state index in [4.69, 9.17) is 9.47 Å². The number of methoxy groups -OCH3 is 2. The maximum Gasteiger partial charge on any atom is 0.307 e. The van der Waals surface area contributed by atoms with Crippen molar-refractivity contribution >= 4 is 17.6 Å². The molecule has 2 aromatic rings. The molecule has 2 rings (SSSR count). The monoisotopic (exact) mass is 343 g/mol. The topological polar surface area (TPSA) is 76.1 Å². The van der Waals surface area contributed by atoms with Gasteiger partial charge in [-0.05, 0) is 35.4 Å². The molecule has 0 unspecified atom stereocenters. The van der Waals surface area contributed by atoms with E-state index in [9.17, 15) is 14.7 Å². The Kier molecular flexibility index (Phi) is 6.00. The number of hydrogen-bond acceptors (Lipinski definition) is 4. The molecule has 2 aromatic carbocycles. The summed E-state index contributed by atoms with van der Waals surface area (Å²) in [5, 5.41) is 9.19. The number of rotatable bonds is 7. The molecule has 1 amide bonds. The number of hydrogen-bond donors (Lipinski definition) is 1. The van der Waals surface area contributed by atoms with Gasteiger partial charge in [-0.1, -0.05) is 18.2 Å². The second-order valence-corrected chi connectivity index (χ2v) is 5.49. The van der Waals surface area contributed by atoms with Crippen LogP contribution in [0.15, 0.2) is 42.5 Å². The molecular weight excluding hydrogens is 322 g/mol. The normalized spacial score (nSPS) is 10.2. The zero-order valence-corrected chi connectivity index (χ0v) is 14.5. The highest BCUT2D eigenvalue weighted by molar-refractivity contribution is 5.91. The van der Waals surface area contributed by atoms with Gasteiger partial charge in [0.15, 0.2) is 11.5 Å². The lowest BCUT2D eigenvalue weighted by Crippen LogP contribution is -2.28. The number of carboxylic acids is 1. The second kappa shape index (κ2) is 8.19. The predicted molar refractivity (Wildman–Crippen MR) is 94.2 cm³/mol. The summed E-state index contributed by atoms with van der Waals surface area (Å²) in [5.74, 6) is -0.149. The molecule has 0 aromatic heterocycles. The third kappa shape index (κ3) is 4.50. The van der Waals surface area contributed by atoms with Crippen LogP contribution in [-0.4, -0.2) is 31.2 Å². The van der Waals surface area contributed by atoms with Crippen molar-refractivity contribution in [2.45, 2.75) is 19.9 Å². The summed E-state index contributed by atoms with van der Waals surface area (Å²) in [6.07, 6.45) is -0.170. The average Bonchev–Trinajstić information content (AvgIpc) is 2.60. The van der Waals surface area contributed by atoms with Crippen LogP contribution in [0.4, 0.5) is 5.69 Å². The highest BCUT2D eigenvalue weighted by atomic mass is 16.5. The average molecular weight is 343 g/mol. The number of carboxylic acid groups (broad SMARTS) is 1. The van der Waals surface area contributed by atoms with Gasteiger partial charge in [0.1, 0.15) is 0 Å². The number of nitrogens with zero attached hydrogens (tertiary/aromatic N) is 1. The number of carbonyl (C=O) groups excluding carboxylic acids is 1. The molecule has 0 aliphatic carbocycles. The third-order valence-electron chi connectivity index (χ3n) is 3.82. The van der Waals surface area contributed by atoms with Gasteiger partial charge >= 0.3 is 5.97 Å². The largest absolute Gasteiger partial charge is 0.493 e. The van der Waals surface area contributed by atoms with Crippen molar-refractivity contribution < 1.29 is 24.2 Å². The fourth-order valence-electron chi connectivity index (χ4n) is 2.60. The summed E-state index contributed by atoms with van der Waals surface area (Å²) in [6.45, 7) is 1.72. The molecule has 0 aliphatic rings. The Hall–Kier alpha value is -3.02.